The number of hydrogen-bond donors (Lipinski definition) is 0. The van der Waals surface area contributed by atoms with Gasteiger partial charge >= 0.3 is 0 Å². The average molecular weight is 604 g/mol. The summed E-state index contributed by atoms with van der Waals surface area (Å²) in [5.74, 6) is -3.95. The predicted molar refractivity (Wildman–Crippen MR) is 139 cm³/mol. The SMILES string of the molecule is O=C1CCCN1CCS(=O)(=O)CC[C@@H]1OCC[C@@]2(S(=O)(=O)c3ccc(Cl)cc3)c3c(F)ccc(F)c3OC[C@@H]12. The number of sulfone groups is 2. The summed E-state index contributed by atoms with van der Waals surface area (Å²) in [5.41, 5.74) is -0.405. The Morgan fingerprint density at radius 1 is 1.03 bits per heavy atom. The lowest BCUT2D eigenvalue weighted by Crippen LogP contribution is -2.57. The molecule has 2 aromatic rings. The zero-order valence-electron chi connectivity index (χ0n) is 20.9. The Bertz CT molecular complexity index is 1480. The van der Waals surface area contributed by atoms with E-state index >= 15 is 4.39 Å². The van der Waals surface area contributed by atoms with Gasteiger partial charge in [-0.25, -0.2) is 25.6 Å². The Labute approximate surface area is 231 Å². The number of benzene rings is 2. The van der Waals surface area contributed by atoms with Crippen molar-refractivity contribution >= 4 is 37.2 Å². The highest BCUT2D eigenvalue weighted by Gasteiger charge is 2.61. The van der Waals surface area contributed by atoms with Crippen LogP contribution in [0.5, 0.6) is 5.75 Å². The summed E-state index contributed by atoms with van der Waals surface area (Å²) in [6.45, 7) is 0.178. The van der Waals surface area contributed by atoms with Crippen LogP contribution in [0.2, 0.25) is 5.02 Å². The smallest absolute Gasteiger partial charge is 0.222 e. The van der Waals surface area contributed by atoms with E-state index in [2.05, 4.69) is 0 Å². The summed E-state index contributed by atoms with van der Waals surface area (Å²) in [4.78, 5) is 13.2. The maximum Gasteiger partial charge on any atom is 0.222 e. The van der Waals surface area contributed by atoms with Gasteiger partial charge in [-0.3, -0.25) is 4.79 Å². The maximum absolute atomic E-state index is 15.5. The number of amides is 1. The first-order valence-corrected chi connectivity index (χ1v) is 16.4. The second kappa shape index (κ2) is 10.6. The molecule has 2 aromatic carbocycles. The highest BCUT2D eigenvalue weighted by atomic mass is 35.5. The summed E-state index contributed by atoms with van der Waals surface area (Å²) in [6, 6.07) is 7.17. The summed E-state index contributed by atoms with van der Waals surface area (Å²) < 4.78 is 94.1. The van der Waals surface area contributed by atoms with Gasteiger partial charge in [0.2, 0.25) is 5.91 Å². The standard InChI is InChI=1S/C26H28ClF2NO7S2/c27-17-3-5-18(6-4-17)39(34,35)26-10-13-36-22(9-14-38(32,33)15-12-30-11-1-2-23(30)31)19(26)16-37-25-21(29)8-7-20(28)24(25)26/h3-8,19,22H,1-2,9-16H2/t19-,22-,26-/m0/s1. The van der Waals surface area contributed by atoms with Gasteiger partial charge in [0.25, 0.3) is 0 Å². The topological polar surface area (TPSA) is 107 Å². The van der Waals surface area contributed by atoms with Crippen molar-refractivity contribution in [3.63, 3.8) is 0 Å². The molecule has 0 radical (unpaired) electrons. The van der Waals surface area contributed by atoms with Crippen molar-refractivity contribution in [1.29, 1.82) is 0 Å². The molecular weight excluding hydrogens is 576 g/mol. The third-order valence-electron chi connectivity index (χ3n) is 7.90. The molecule has 0 N–H and O–H groups in total. The van der Waals surface area contributed by atoms with Crippen LogP contribution in [0.25, 0.3) is 0 Å². The Morgan fingerprint density at radius 2 is 1.74 bits per heavy atom. The van der Waals surface area contributed by atoms with Crippen molar-refractivity contribution in [3.8, 4) is 5.75 Å². The molecule has 0 bridgehead atoms. The summed E-state index contributed by atoms with van der Waals surface area (Å²) in [7, 11) is -8.02. The first-order valence-electron chi connectivity index (χ1n) is 12.7. The van der Waals surface area contributed by atoms with Crippen molar-refractivity contribution in [2.45, 2.75) is 41.4 Å². The zero-order valence-corrected chi connectivity index (χ0v) is 23.3. The number of likely N-dealkylation sites (tertiary alicyclic amines) is 1. The fourth-order valence-corrected chi connectivity index (χ4v) is 9.69. The molecule has 0 unspecified atom stereocenters. The van der Waals surface area contributed by atoms with Gasteiger partial charge in [0.05, 0.1) is 34.7 Å². The Hall–Kier alpha value is -2.28. The maximum atomic E-state index is 15.5. The minimum Gasteiger partial charge on any atom is -0.490 e. The first kappa shape index (κ1) is 28.3. The number of halogens is 3. The number of fused-ring (bicyclic) bond motifs is 3. The molecule has 3 aliphatic rings. The van der Waals surface area contributed by atoms with E-state index in [9.17, 15) is 26.0 Å². The van der Waals surface area contributed by atoms with Crippen LogP contribution >= 0.6 is 11.6 Å². The van der Waals surface area contributed by atoms with E-state index < -0.39 is 59.4 Å². The summed E-state index contributed by atoms with van der Waals surface area (Å²) in [5, 5.41) is 0.304. The fourth-order valence-electron chi connectivity index (χ4n) is 5.92. The molecule has 3 atom stereocenters. The highest BCUT2D eigenvalue weighted by molar-refractivity contribution is 7.92. The molecule has 2 saturated heterocycles. The van der Waals surface area contributed by atoms with Gasteiger partial charge in [0, 0.05) is 37.1 Å². The summed E-state index contributed by atoms with van der Waals surface area (Å²) in [6.07, 6.45) is -0.0896. The molecule has 3 heterocycles. The van der Waals surface area contributed by atoms with E-state index in [0.29, 0.717) is 24.4 Å². The van der Waals surface area contributed by atoms with Crippen LogP contribution in [0.4, 0.5) is 8.78 Å². The minimum atomic E-state index is -4.39. The second-order valence-electron chi connectivity index (χ2n) is 10.1. The van der Waals surface area contributed by atoms with Crippen LogP contribution in [0, 0.1) is 17.6 Å². The van der Waals surface area contributed by atoms with E-state index in [1.165, 1.54) is 29.2 Å². The third kappa shape index (κ3) is 5.05. The van der Waals surface area contributed by atoms with E-state index in [0.717, 1.165) is 12.1 Å². The van der Waals surface area contributed by atoms with Crippen LogP contribution in [0.1, 0.15) is 31.2 Å². The molecule has 212 valence electrons. The quantitative estimate of drug-likeness (QED) is 0.454. The van der Waals surface area contributed by atoms with Crippen LogP contribution < -0.4 is 4.74 Å². The zero-order chi connectivity index (χ0) is 28.0. The number of nitrogens with zero attached hydrogens (tertiary/aromatic N) is 1. The highest BCUT2D eigenvalue weighted by Crippen LogP contribution is 2.55. The van der Waals surface area contributed by atoms with Crippen molar-refractivity contribution in [3.05, 3.63) is 58.6 Å². The predicted octanol–water partition coefficient (Wildman–Crippen LogP) is 3.51. The molecule has 2 fully saturated rings. The lowest BCUT2D eigenvalue weighted by Gasteiger charge is -2.50. The molecule has 13 heteroatoms. The molecular formula is C26H28ClF2NO7S2. The van der Waals surface area contributed by atoms with Gasteiger partial charge in [-0.2, -0.15) is 0 Å². The fraction of sp³-hybridized carbons (Fsp3) is 0.500. The number of rotatable bonds is 8. The molecule has 1 amide bonds. The van der Waals surface area contributed by atoms with E-state index in [-0.39, 0.29) is 54.9 Å². The molecule has 0 aromatic heterocycles. The number of hydrogen-bond acceptors (Lipinski definition) is 7. The van der Waals surface area contributed by atoms with E-state index in [4.69, 9.17) is 21.1 Å². The van der Waals surface area contributed by atoms with Gasteiger partial charge in [-0.05, 0) is 55.7 Å². The lowest BCUT2D eigenvalue weighted by atomic mass is 9.75. The van der Waals surface area contributed by atoms with Crippen molar-refractivity contribution < 1.29 is 39.9 Å². The summed E-state index contributed by atoms with van der Waals surface area (Å²) >= 11 is 5.97. The number of carbonyl (C=O) groups excluding carboxylic acids is 1. The molecule has 5 rings (SSSR count). The van der Waals surface area contributed by atoms with Crippen molar-refractivity contribution in [1.82, 2.24) is 4.90 Å². The molecule has 3 aliphatic heterocycles. The van der Waals surface area contributed by atoms with Crippen LogP contribution in [0.15, 0.2) is 41.3 Å². The van der Waals surface area contributed by atoms with Gasteiger partial charge in [-0.1, -0.05) is 11.6 Å². The molecule has 8 nitrogen and oxygen atoms in total. The van der Waals surface area contributed by atoms with Crippen LogP contribution in [0.3, 0.4) is 0 Å². The van der Waals surface area contributed by atoms with Crippen molar-refractivity contribution in [2.24, 2.45) is 5.92 Å². The Kier molecular flexibility index (Phi) is 7.68. The molecule has 0 aliphatic carbocycles. The third-order valence-corrected chi connectivity index (χ3v) is 12.4. The molecule has 0 spiro atoms. The monoisotopic (exact) mass is 603 g/mol. The lowest BCUT2D eigenvalue weighted by molar-refractivity contribution is -0.127. The Balaban J connectivity index is 1.49. The minimum absolute atomic E-state index is 0.0749. The normalized spacial score (nSPS) is 25.2. The van der Waals surface area contributed by atoms with Gasteiger partial charge in [0.15, 0.2) is 31.2 Å². The first-order chi connectivity index (χ1) is 18.5. The molecule has 39 heavy (non-hydrogen) atoms. The Morgan fingerprint density at radius 3 is 2.44 bits per heavy atom. The van der Waals surface area contributed by atoms with Crippen LogP contribution in [-0.4, -0.2) is 71.6 Å². The van der Waals surface area contributed by atoms with Gasteiger partial charge in [0.1, 0.15) is 10.6 Å². The van der Waals surface area contributed by atoms with E-state index in [1.54, 1.807) is 0 Å². The molecule has 0 saturated carbocycles. The van der Waals surface area contributed by atoms with E-state index in [1.807, 2.05) is 0 Å². The van der Waals surface area contributed by atoms with Gasteiger partial charge < -0.3 is 14.4 Å². The largest absolute Gasteiger partial charge is 0.490 e. The average Bonchev–Trinajstić information content (AvgIpc) is 3.32. The second-order valence-corrected chi connectivity index (χ2v) is 15.0. The van der Waals surface area contributed by atoms with Gasteiger partial charge in [-0.15, -0.1) is 0 Å². The van der Waals surface area contributed by atoms with Crippen molar-refractivity contribution in [2.75, 3.05) is 37.8 Å². The number of ether oxygens (including phenoxy) is 2. The van der Waals surface area contributed by atoms with Crippen LogP contribution in [-0.2, 0) is 34.0 Å². The number of carbonyl (C=O) groups is 1.